The van der Waals surface area contributed by atoms with Crippen molar-refractivity contribution in [1.29, 1.82) is 0 Å². The molecule has 6 nitrogen and oxygen atoms in total. The van der Waals surface area contributed by atoms with Gasteiger partial charge < -0.3 is 19.7 Å². The molecular formula is C20H18O6. The normalized spacial score (nSPS) is 14.8. The van der Waals surface area contributed by atoms with E-state index in [1.165, 1.54) is 19.2 Å². The number of aromatic hydroxyl groups is 1. The molecule has 0 aliphatic heterocycles. The lowest BCUT2D eigenvalue weighted by Gasteiger charge is -2.20. The van der Waals surface area contributed by atoms with Gasteiger partial charge in [0.1, 0.15) is 11.3 Å². The molecule has 0 amide bonds. The molecule has 0 saturated carbocycles. The first-order chi connectivity index (χ1) is 12.4. The molecule has 0 aromatic heterocycles. The molecule has 26 heavy (non-hydrogen) atoms. The Kier molecular flexibility index (Phi) is 4.67. The third kappa shape index (κ3) is 3.13. The lowest BCUT2D eigenvalue weighted by atomic mass is 9.85. The number of carbonyl (C=O) groups excluding carboxylic acids is 1. The van der Waals surface area contributed by atoms with Crippen LogP contribution in [0.15, 0.2) is 35.9 Å². The van der Waals surface area contributed by atoms with Crippen LogP contribution in [-0.4, -0.2) is 36.2 Å². The van der Waals surface area contributed by atoms with Crippen LogP contribution in [0, 0.1) is 0 Å². The molecule has 0 unspecified atom stereocenters. The largest absolute Gasteiger partial charge is 0.507 e. The number of aryl methyl sites for hydroxylation is 1. The molecule has 2 aromatic rings. The molecule has 134 valence electrons. The van der Waals surface area contributed by atoms with Crippen molar-refractivity contribution in [3.8, 4) is 17.2 Å². The van der Waals surface area contributed by atoms with Crippen LogP contribution in [0.1, 0.15) is 38.3 Å². The third-order valence-electron chi connectivity index (χ3n) is 4.40. The molecule has 1 aliphatic carbocycles. The average molecular weight is 354 g/mol. The maximum atomic E-state index is 12.8. The molecule has 2 N–H and O–H groups in total. The van der Waals surface area contributed by atoms with Crippen molar-refractivity contribution in [3.63, 3.8) is 0 Å². The van der Waals surface area contributed by atoms with Crippen LogP contribution in [0.5, 0.6) is 17.2 Å². The fourth-order valence-corrected chi connectivity index (χ4v) is 3.05. The molecule has 0 heterocycles. The van der Waals surface area contributed by atoms with E-state index in [9.17, 15) is 14.7 Å². The van der Waals surface area contributed by atoms with Crippen molar-refractivity contribution in [2.24, 2.45) is 0 Å². The summed E-state index contributed by atoms with van der Waals surface area (Å²) in [5.74, 6) is -0.594. The highest BCUT2D eigenvalue weighted by Crippen LogP contribution is 2.36. The highest BCUT2D eigenvalue weighted by molar-refractivity contribution is 6.13. The summed E-state index contributed by atoms with van der Waals surface area (Å²) in [7, 11) is 3.06. The summed E-state index contributed by atoms with van der Waals surface area (Å²) < 4.78 is 10.5. The van der Waals surface area contributed by atoms with E-state index >= 15 is 0 Å². The van der Waals surface area contributed by atoms with Gasteiger partial charge in [-0.05, 0) is 54.3 Å². The smallest absolute Gasteiger partial charge is 0.339 e. The summed E-state index contributed by atoms with van der Waals surface area (Å²) in [4.78, 5) is 24.0. The van der Waals surface area contributed by atoms with Gasteiger partial charge in [0, 0.05) is 11.1 Å². The molecule has 0 radical (unpaired) electrons. The predicted molar refractivity (Wildman–Crippen MR) is 95.2 cm³/mol. The van der Waals surface area contributed by atoms with Crippen molar-refractivity contribution >= 4 is 17.8 Å². The number of carbonyl (C=O) groups is 2. The zero-order chi connectivity index (χ0) is 18.8. The monoisotopic (exact) mass is 354 g/mol. The first kappa shape index (κ1) is 17.5. The Morgan fingerprint density at radius 2 is 1.77 bits per heavy atom. The summed E-state index contributed by atoms with van der Waals surface area (Å²) in [6.07, 6.45) is 2.86. The van der Waals surface area contributed by atoms with E-state index < -0.39 is 5.97 Å². The zero-order valence-electron chi connectivity index (χ0n) is 14.4. The second-order valence-electron chi connectivity index (χ2n) is 5.94. The molecule has 0 bridgehead atoms. The van der Waals surface area contributed by atoms with E-state index in [0.29, 0.717) is 41.0 Å². The number of Topliss-reactive ketones (excluding diaryl/α,β-unsaturated/α-hetero) is 1. The Balaban J connectivity index is 2.00. The van der Waals surface area contributed by atoms with E-state index in [2.05, 4.69) is 0 Å². The van der Waals surface area contributed by atoms with Crippen LogP contribution in [-0.2, 0) is 6.42 Å². The number of hydrogen-bond donors (Lipinski definition) is 2. The lowest BCUT2D eigenvalue weighted by molar-refractivity contribution is 0.0693. The average Bonchev–Trinajstić information content (AvgIpc) is 2.64. The number of allylic oxidation sites excluding steroid dienone is 1. The van der Waals surface area contributed by atoms with Crippen LogP contribution in [0.2, 0.25) is 0 Å². The summed E-state index contributed by atoms with van der Waals surface area (Å²) in [5.41, 5.74) is 2.37. The lowest BCUT2D eigenvalue weighted by Crippen LogP contribution is -2.14. The number of fused-ring (bicyclic) bond motifs is 1. The minimum atomic E-state index is -1.22. The van der Waals surface area contributed by atoms with E-state index in [-0.39, 0.29) is 17.1 Å². The fraction of sp³-hybridized carbons (Fsp3) is 0.200. The predicted octanol–water partition coefficient (Wildman–Crippen LogP) is 3.32. The van der Waals surface area contributed by atoms with Crippen molar-refractivity contribution in [2.45, 2.75) is 12.8 Å². The maximum Gasteiger partial charge on any atom is 0.339 e. The quantitative estimate of drug-likeness (QED) is 0.818. The second-order valence-corrected chi connectivity index (χ2v) is 5.94. The fourth-order valence-electron chi connectivity index (χ4n) is 3.05. The summed E-state index contributed by atoms with van der Waals surface area (Å²) >= 11 is 0. The number of methoxy groups -OCH3 is 2. The van der Waals surface area contributed by atoms with E-state index in [1.807, 2.05) is 6.07 Å². The Labute approximate surface area is 150 Å². The van der Waals surface area contributed by atoms with Gasteiger partial charge >= 0.3 is 5.97 Å². The Bertz CT molecular complexity index is 926. The summed E-state index contributed by atoms with van der Waals surface area (Å²) in [6.45, 7) is 0. The van der Waals surface area contributed by atoms with Crippen LogP contribution >= 0.6 is 0 Å². The van der Waals surface area contributed by atoms with Crippen LogP contribution in [0.25, 0.3) is 6.08 Å². The molecule has 2 aromatic carbocycles. The second kappa shape index (κ2) is 6.92. The number of ketones is 1. The molecule has 3 rings (SSSR count). The number of carboxylic acid groups (broad SMARTS) is 1. The molecule has 0 spiro atoms. The number of ether oxygens (including phenoxy) is 2. The van der Waals surface area contributed by atoms with Gasteiger partial charge in [-0.2, -0.15) is 0 Å². The van der Waals surface area contributed by atoms with Gasteiger partial charge in [-0.1, -0.05) is 6.07 Å². The molecule has 1 aliphatic rings. The molecular weight excluding hydrogens is 336 g/mol. The van der Waals surface area contributed by atoms with Gasteiger partial charge in [0.05, 0.1) is 14.2 Å². The SMILES string of the molecule is COc1cc2c(cc1OC)C(=O)/C(=C\c1ccc(O)c(C(=O)O)c1)CC2. The standard InChI is InChI=1S/C20H18O6/c1-25-17-9-12-4-5-13(19(22)14(12)10-18(17)26-2)7-11-3-6-16(21)15(8-11)20(23)24/h3,6-10,21H,4-5H2,1-2H3,(H,23,24)/b13-7-. The summed E-state index contributed by atoms with van der Waals surface area (Å²) in [6, 6.07) is 7.72. The van der Waals surface area contributed by atoms with Crippen LogP contribution in [0.3, 0.4) is 0 Å². The van der Waals surface area contributed by atoms with E-state index in [0.717, 1.165) is 5.56 Å². The minimum Gasteiger partial charge on any atom is -0.507 e. The topological polar surface area (TPSA) is 93.1 Å². The van der Waals surface area contributed by atoms with Crippen molar-refractivity contribution < 1.29 is 29.3 Å². The van der Waals surface area contributed by atoms with Crippen molar-refractivity contribution in [3.05, 3.63) is 58.2 Å². The van der Waals surface area contributed by atoms with Gasteiger partial charge in [-0.3, -0.25) is 4.79 Å². The maximum absolute atomic E-state index is 12.8. The number of carboxylic acids is 1. The third-order valence-corrected chi connectivity index (χ3v) is 4.40. The Morgan fingerprint density at radius 3 is 2.42 bits per heavy atom. The number of aromatic carboxylic acids is 1. The van der Waals surface area contributed by atoms with Crippen molar-refractivity contribution in [2.75, 3.05) is 14.2 Å². The number of benzene rings is 2. The van der Waals surface area contributed by atoms with E-state index in [4.69, 9.17) is 14.6 Å². The van der Waals surface area contributed by atoms with Crippen LogP contribution in [0.4, 0.5) is 0 Å². The number of phenols is 1. The van der Waals surface area contributed by atoms with Gasteiger partial charge in [-0.25, -0.2) is 4.79 Å². The first-order valence-electron chi connectivity index (χ1n) is 8.01. The molecule has 0 fully saturated rings. The molecule has 6 heteroatoms. The Hall–Kier alpha value is -3.28. The highest BCUT2D eigenvalue weighted by Gasteiger charge is 2.24. The van der Waals surface area contributed by atoms with E-state index in [1.54, 1.807) is 25.3 Å². The minimum absolute atomic E-state index is 0.128. The Morgan fingerprint density at radius 1 is 1.08 bits per heavy atom. The zero-order valence-corrected chi connectivity index (χ0v) is 14.4. The number of hydrogen-bond acceptors (Lipinski definition) is 5. The van der Waals surface area contributed by atoms with Crippen molar-refractivity contribution in [1.82, 2.24) is 0 Å². The molecule has 0 atom stereocenters. The van der Waals surface area contributed by atoms with Crippen LogP contribution < -0.4 is 9.47 Å². The number of rotatable bonds is 4. The molecule has 0 saturated heterocycles. The highest BCUT2D eigenvalue weighted by atomic mass is 16.5. The first-order valence-corrected chi connectivity index (χ1v) is 8.01. The van der Waals surface area contributed by atoms with Gasteiger partial charge in [0.25, 0.3) is 0 Å². The van der Waals surface area contributed by atoms with Gasteiger partial charge in [-0.15, -0.1) is 0 Å². The summed E-state index contributed by atoms with van der Waals surface area (Å²) in [5, 5.41) is 18.7. The van der Waals surface area contributed by atoms with Gasteiger partial charge in [0.2, 0.25) is 0 Å². The van der Waals surface area contributed by atoms with Gasteiger partial charge in [0.15, 0.2) is 17.3 Å².